The molecule has 9 N–H and O–H groups in total. The zero-order valence-electron chi connectivity index (χ0n) is 55.1. The van der Waals surface area contributed by atoms with E-state index in [1.165, 1.54) is 276 Å². The molecule has 2 saturated heterocycles. The number of aliphatic hydroxyl groups is 8. The van der Waals surface area contributed by atoms with Gasteiger partial charge in [-0.1, -0.05) is 335 Å². The summed E-state index contributed by atoms with van der Waals surface area (Å²) in [6, 6.07) is -0.824. The van der Waals surface area contributed by atoms with Crippen LogP contribution in [0.1, 0.15) is 354 Å². The van der Waals surface area contributed by atoms with Gasteiger partial charge in [0.25, 0.3) is 0 Å². The van der Waals surface area contributed by atoms with Crippen LogP contribution in [0, 0.1) is 0 Å². The number of aliphatic hydroxyl groups excluding tert-OH is 8. The second-order valence-corrected chi connectivity index (χ2v) is 26.4. The third-order valence-electron chi connectivity index (χ3n) is 18.6. The predicted molar refractivity (Wildman–Crippen MR) is 346 cm³/mol. The Hall–Kier alpha value is -1.01. The summed E-state index contributed by atoms with van der Waals surface area (Å²) in [5, 5.41) is 87.6. The van der Waals surface area contributed by atoms with E-state index in [4.69, 9.17) is 18.9 Å². The van der Waals surface area contributed by atoms with Crippen LogP contribution < -0.4 is 5.32 Å². The summed E-state index contributed by atoms with van der Waals surface area (Å²) < 4.78 is 22.9. The molecule has 2 heterocycles. The summed E-state index contributed by atoms with van der Waals surface area (Å²) >= 11 is 0. The molecule has 0 radical (unpaired) electrons. The molecular weight excluding hydrogens is 1070 g/mol. The molecule has 0 spiro atoms. The highest BCUT2D eigenvalue weighted by atomic mass is 16.7. The zero-order chi connectivity index (χ0) is 61.6. The van der Waals surface area contributed by atoms with Crippen molar-refractivity contribution in [2.24, 2.45) is 0 Å². The summed E-state index contributed by atoms with van der Waals surface area (Å²) in [7, 11) is 0. The molecule has 0 saturated carbocycles. The SMILES string of the molecule is CCCCCCCCCCCCCCCCCCCCCCCCCCCCCCCCCCCC(=O)NC(COC1OC(CO)C(OC2OC(CO)C(O)C(O)C2O)C(O)C1O)C(O)CCCCCCCCCCCCCCCCCCCC. The van der Waals surface area contributed by atoms with Crippen LogP contribution in [-0.2, 0) is 23.7 Å². The van der Waals surface area contributed by atoms with Gasteiger partial charge in [0.2, 0.25) is 5.91 Å². The smallest absolute Gasteiger partial charge is 0.220 e. The van der Waals surface area contributed by atoms with E-state index in [1.54, 1.807) is 0 Å². The zero-order valence-corrected chi connectivity index (χ0v) is 55.1. The summed E-state index contributed by atoms with van der Waals surface area (Å²) in [6.07, 6.45) is 51.4. The number of amides is 1. The molecule has 2 fully saturated rings. The standard InChI is InChI=1S/C71H139NO13/c1-3-5-7-9-11-13-15-17-19-21-23-24-25-26-27-28-29-30-31-32-33-34-35-36-37-39-41-43-45-47-49-51-53-55-63(76)72-59(60(75)54-52-50-48-46-44-42-40-38-22-20-18-16-14-12-10-8-6-4-2)58-82-70-68(81)66(79)69(62(57-74)84-70)85-71-67(80)65(78)64(77)61(56-73)83-71/h59-62,64-71,73-75,77-81H,3-58H2,1-2H3,(H,72,76). The van der Waals surface area contributed by atoms with Crippen LogP contribution in [0.3, 0.4) is 0 Å². The Bertz CT molecular complexity index is 1430. The van der Waals surface area contributed by atoms with Crippen molar-refractivity contribution in [3.05, 3.63) is 0 Å². The lowest BCUT2D eigenvalue weighted by Gasteiger charge is -2.46. The lowest BCUT2D eigenvalue weighted by atomic mass is 9.97. The van der Waals surface area contributed by atoms with Crippen LogP contribution in [-0.4, -0.2) is 140 Å². The van der Waals surface area contributed by atoms with Crippen molar-refractivity contribution in [2.75, 3.05) is 19.8 Å². The fourth-order valence-corrected chi connectivity index (χ4v) is 12.7. The van der Waals surface area contributed by atoms with Gasteiger partial charge in [-0.3, -0.25) is 4.79 Å². The van der Waals surface area contributed by atoms with Gasteiger partial charge in [-0.15, -0.1) is 0 Å². The maximum atomic E-state index is 13.4. The Morgan fingerprint density at radius 2 is 0.671 bits per heavy atom. The fourth-order valence-electron chi connectivity index (χ4n) is 12.7. The van der Waals surface area contributed by atoms with E-state index >= 15 is 0 Å². The molecule has 2 aliphatic rings. The molecule has 0 aromatic rings. The normalized spacial score (nSPS) is 23.4. The minimum Gasteiger partial charge on any atom is -0.394 e. The van der Waals surface area contributed by atoms with Crippen molar-refractivity contribution in [3.8, 4) is 0 Å². The highest BCUT2D eigenvalue weighted by Gasteiger charge is 2.51. The Morgan fingerprint density at radius 3 is 1.00 bits per heavy atom. The number of hydrogen-bond acceptors (Lipinski definition) is 13. The van der Waals surface area contributed by atoms with Crippen LogP contribution in [0.15, 0.2) is 0 Å². The molecule has 14 nitrogen and oxygen atoms in total. The van der Waals surface area contributed by atoms with Crippen molar-refractivity contribution in [3.63, 3.8) is 0 Å². The largest absolute Gasteiger partial charge is 0.394 e. The first-order chi connectivity index (χ1) is 41.6. The van der Waals surface area contributed by atoms with Gasteiger partial charge >= 0.3 is 0 Å². The molecule has 0 aromatic carbocycles. The number of ether oxygens (including phenoxy) is 4. The van der Waals surface area contributed by atoms with Crippen LogP contribution in [0.2, 0.25) is 0 Å². The quantitative estimate of drug-likeness (QED) is 0.0259. The number of carbonyl (C=O) groups excluding carboxylic acids is 1. The number of rotatable bonds is 62. The summed E-state index contributed by atoms with van der Waals surface area (Å²) in [6.45, 7) is 2.93. The summed E-state index contributed by atoms with van der Waals surface area (Å²) in [4.78, 5) is 13.4. The van der Waals surface area contributed by atoms with Gasteiger partial charge in [0, 0.05) is 6.42 Å². The molecule has 506 valence electrons. The van der Waals surface area contributed by atoms with Crippen LogP contribution in [0.5, 0.6) is 0 Å². The van der Waals surface area contributed by atoms with Crippen molar-refractivity contribution >= 4 is 5.91 Å². The van der Waals surface area contributed by atoms with Gasteiger partial charge in [0.1, 0.15) is 48.8 Å². The Labute approximate surface area is 521 Å². The predicted octanol–water partition coefficient (Wildman–Crippen LogP) is 15.2. The Kier molecular flexibility index (Phi) is 53.6. The number of carbonyl (C=O) groups is 1. The topological polar surface area (TPSA) is 228 Å². The number of nitrogens with one attached hydrogen (secondary N) is 1. The fraction of sp³-hybridized carbons (Fsp3) is 0.986. The molecule has 0 aromatic heterocycles. The van der Waals surface area contributed by atoms with E-state index in [2.05, 4.69) is 19.2 Å². The summed E-state index contributed by atoms with van der Waals surface area (Å²) in [5.41, 5.74) is 0. The lowest BCUT2D eigenvalue weighted by molar-refractivity contribution is -0.359. The Morgan fingerprint density at radius 1 is 0.376 bits per heavy atom. The van der Waals surface area contributed by atoms with E-state index in [0.717, 1.165) is 51.4 Å². The van der Waals surface area contributed by atoms with Crippen molar-refractivity contribution < 1.29 is 64.6 Å². The van der Waals surface area contributed by atoms with Gasteiger partial charge in [0.15, 0.2) is 12.6 Å². The van der Waals surface area contributed by atoms with Crippen molar-refractivity contribution in [1.82, 2.24) is 5.32 Å². The van der Waals surface area contributed by atoms with Crippen molar-refractivity contribution in [2.45, 2.75) is 428 Å². The Balaban J connectivity index is 1.60. The first kappa shape index (κ1) is 80.1. The van der Waals surface area contributed by atoms with E-state index in [1.807, 2.05) is 0 Å². The number of unbranched alkanes of at least 4 members (excludes halogenated alkanes) is 49. The highest BCUT2D eigenvalue weighted by Crippen LogP contribution is 2.30. The monoisotopic (exact) mass is 1210 g/mol. The molecule has 2 aliphatic heterocycles. The molecule has 1 amide bonds. The van der Waals surface area contributed by atoms with Crippen molar-refractivity contribution in [1.29, 1.82) is 0 Å². The van der Waals surface area contributed by atoms with Gasteiger partial charge in [-0.05, 0) is 12.8 Å². The van der Waals surface area contributed by atoms with Gasteiger partial charge in [0.05, 0.1) is 32.0 Å². The number of hydrogen-bond donors (Lipinski definition) is 9. The molecule has 12 unspecified atom stereocenters. The van der Waals surface area contributed by atoms with Gasteiger partial charge < -0.3 is 65.1 Å². The van der Waals surface area contributed by atoms with Crippen LogP contribution in [0.4, 0.5) is 0 Å². The third-order valence-corrected chi connectivity index (χ3v) is 18.6. The van der Waals surface area contributed by atoms with Crippen LogP contribution in [0.25, 0.3) is 0 Å². The average Bonchev–Trinajstić information content (AvgIpc) is 3.29. The van der Waals surface area contributed by atoms with Crippen LogP contribution >= 0.6 is 0 Å². The molecular formula is C71H139NO13. The molecule has 14 heteroatoms. The maximum Gasteiger partial charge on any atom is 0.220 e. The average molecular weight is 1210 g/mol. The lowest BCUT2D eigenvalue weighted by Crippen LogP contribution is -2.65. The molecule has 0 aliphatic carbocycles. The highest BCUT2D eigenvalue weighted by molar-refractivity contribution is 5.76. The van der Waals surface area contributed by atoms with E-state index in [-0.39, 0.29) is 12.5 Å². The van der Waals surface area contributed by atoms with E-state index in [0.29, 0.717) is 12.8 Å². The van der Waals surface area contributed by atoms with Gasteiger partial charge in [-0.2, -0.15) is 0 Å². The van der Waals surface area contributed by atoms with Gasteiger partial charge in [-0.25, -0.2) is 0 Å². The second kappa shape index (κ2) is 56.9. The maximum absolute atomic E-state index is 13.4. The second-order valence-electron chi connectivity index (χ2n) is 26.4. The molecule has 0 bridgehead atoms. The minimum absolute atomic E-state index is 0.197. The third kappa shape index (κ3) is 41.2. The first-order valence-electron chi connectivity index (χ1n) is 36.8. The molecule has 85 heavy (non-hydrogen) atoms. The molecule has 2 rings (SSSR count). The van der Waals surface area contributed by atoms with E-state index < -0.39 is 86.8 Å². The molecule has 12 atom stereocenters. The van der Waals surface area contributed by atoms with E-state index in [9.17, 15) is 45.6 Å². The summed E-state index contributed by atoms with van der Waals surface area (Å²) in [5.74, 6) is -0.197. The first-order valence-corrected chi connectivity index (χ1v) is 36.8. The minimum atomic E-state index is -1.78.